The molecule has 0 amide bonds. The zero-order chi connectivity index (χ0) is 14.8. The summed E-state index contributed by atoms with van der Waals surface area (Å²) in [5.74, 6) is -0.144. The monoisotopic (exact) mass is 289 g/mol. The van der Waals surface area contributed by atoms with E-state index in [0.29, 0.717) is 0 Å². The molecule has 3 nitrogen and oxygen atoms in total. The van der Waals surface area contributed by atoms with Crippen molar-refractivity contribution in [2.45, 2.75) is 12.8 Å². The summed E-state index contributed by atoms with van der Waals surface area (Å²) in [5.41, 5.74) is 2.38. The lowest BCUT2D eigenvalue weighted by Gasteiger charge is -2.32. The number of piperazine rings is 1. The van der Waals surface area contributed by atoms with Crippen molar-refractivity contribution in [2.24, 2.45) is 7.05 Å². The van der Waals surface area contributed by atoms with E-state index in [9.17, 15) is 4.39 Å². The van der Waals surface area contributed by atoms with Gasteiger partial charge >= 0.3 is 0 Å². The minimum absolute atomic E-state index is 0.144. The maximum absolute atomic E-state index is 13.5. The first kappa shape index (κ1) is 14.5. The lowest BCUT2D eigenvalue weighted by Crippen LogP contribution is -2.44. The molecule has 4 heteroatoms. The van der Waals surface area contributed by atoms with Crippen LogP contribution >= 0.6 is 0 Å². The van der Waals surface area contributed by atoms with Crippen molar-refractivity contribution < 1.29 is 4.39 Å². The fourth-order valence-electron chi connectivity index (χ4n) is 3.21. The van der Waals surface area contributed by atoms with Crippen molar-refractivity contribution in [3.63, 3.8) is 0 Å². The van der Waals surface area contributed by atoms with Crippen molar-refractivity contribution in [2.75, 3.05) is 39.8 Å². The molecule has 0 N–H and O–H groups in total. The molecule has 1 aromatic carbocycles. The number of aryl methyl sites for hydroxylation is 2. The van der Waals surface area contributed by atoms with Gasteiger partial charge in [-0.15, -0.1) is 0 Å². The highest BCUT2D eigenvalue weighted by Crippen LogP contribution is 2.23. The predicted octanol–water partition coefficient (Wildman–Crippen LogP) is 2.50. The van der Waals surface area contributed by atoms with Crippen LogP contribution in [0.2, 0.25) is 0 Å². The van der Waals surface area contributed by atoms with E-state index in [0.717, 1.165) is 30.3 Å². The zero-order valence-corrected chi connectivity index (χ0v) is 13.0. The Labute approximate surface area is 125 Å². The van der Waals surface area contributed by atoms with Crippen molar-refractivity contribution in [1.29, 1.82) is 0 Å². The van der Waals surface area contributed by atoms with Gasteiger partial charge in [0.05, 0.1) is 0 Å². The zero-order valence-electron chi connectivity index (χ0n) is 13.0. The number of rotatable bonds is 4. The van der Waals surface area contributed by atoms with Crippen molar-refractivity contribution >= 4 is 10.9 Å². The number of fused-ring (bicyclic) bond motifs is 1. The third kappa shape index (κ3) is 3.27. The van der Waals surface area contributed by atoms with Crippen LogP contribution in [0.5, 0.6) is 0 Å². The van der Waals surface area contributed by atoms with Crippen LogP contribution in [-0.4, -0.2) is 54.1 Å². The summed E-state index contributed by atoms with van der Waals surface area (Å²) in [6, 6.07) is 5.07. The van der Waals surface area contributed by atoms with E-state index in [4.69, 9.17) is 0 Å². The smallest absolute Gasteiger partial charge is 0.123 e. The molecule has 0 spiro atoms. The van der Waals surface area contributed by atoms with Crippen molar-refractivity contribution in [3.05, 3.63) is 35.8 Å². The Kier molecular flexibility index (Phi) is 4.27. The minimum Gasteiger partial charge on any atom is -0.350 e. The van der Waals surface area contributed by atoms with E-state index in [2.05, 4.69) is 27.6 Å². The summed E-state index contributed by atoms with van der Waals surface area (Å²) in [6.45, 7) is 5.81. The van der Waals surface area contributed by atoms with Gasteiger partial charge in [0.2, 0.25) is 0 Å². The van der Waals surface area contributed by atoms with Gasteiger partial charge in [0.1, 0.15) is 5.82 Å². The van der Waals surface area contributed by atoms with Gasteiger partial charge < -0.3 is 14.4 Å². The maximum atomic E-state index is 13.5. The summed E-state index contributed by atoms with van der Waals surface area (Å²) >= 11 is 0. The molecule has 1 saturated heterocycles. The van der Waals surface area contributed by atoms with Crippen LogP contribution in [0, 0.1) is 5.82 Å². The number of aromatic nitrogens is 1. The van der Waals surface area contributed by atoms with Crippen LogP contribution in [-0.2, 0) is 13.5 Å². The summed E-state index contributed by atoms with van der Waals surface area (Å²) in [5, 5.41) is 1.07. The van der Waals surface area contributed by atoms with Crippen LogP contribution in [0.3, 0.4) is 0 Å². The molecule has 0 aliphatic carbocycles. The molecule has 21 heavy (non-hydrogen) atoms. The van der Waals surface area contributed by atoms with E-state index in [-0.39, 0.29) is 5.82 Å². The Morgan fingerprint density at radius 2 is 1.86 bits per heavy atom. The largest absolute Gasteiger partial charge is 0.350 e. The Balaban J connectivity index is 1.62. The van der Waals surface area contributed by atoms with Gasteiger partial charge in [-0.05, 0) is 50.2 Å². The quantitative estimate of drug-likeness (QED) is 0.857. The van der Waals surface area contributed by atoms with E-state index < -0.39 is 0 Å². The van der Waals surface area contributed by atoms with Gasteiger partial charge in [0, 0.05) is 50.3 Å². The van der Waals surface area contributed by atoms with Gasteiger partial charge in [-0.25, -0.2) is 4.39 Å². The molecule has 0 bridgehead atoms. The molecule has 1 aromatic heterocycles. The number of nitrogens with zero attached hydrogens (tertiary/aromatic N) is 3. The van der Waals surface area contributed by atoms with Crippen molar-refractivity contribution in [1.82, 2.24) is 14.4 Å². The second-order valence-electron chi connectivity index (χ2n) is 6.18. The Hall–Kier alpha value is -1.39. The van der Waals surface area contributed by atoms with Crippen LogP contribution < -0.4 is 0 Å². The molecule has 1 aliphatic rings. The first-order valence-corrected chi connectivity index (χ1v) is 7.78. The molecule has 1 fully saturated rings. The van der Waals surface area contributed by atoms with Crippen LogP contribution in [0.1, 0.15) is 12.0 Å². The van der Waals surface area contributed by atoms with E-state index in [1.165, 1.54) is 37.8 Å². The summed E-state index contributed by atoms with van der Waals surface area (Å²) in [6.07, 6.45) is 4.31. The van der Waals surface area contributed by atoms with Crippen molar-refractivity contribution in [3.8, 4) is 0 Å². The fraction of sp³-hybridized carbons (Fsp3) is 0.529. The maximum Gasteiger partial charge on any atom is 0.123 e. The molecule has 114 valence electrons. The number of halogens is 1. The molecule has 2 aromatic rings. The molecule has 2 heterocycles. The highest BCUT2D eigenvalue weighted by molar-refractivity contribution is 5.84. The predicted molar refractivity (Wildman–Crippen MR) is 85.1 cm³/mol. The van der Waals surface area contributed by atoms with E-state index in [1.807, 2.05) is 13.1 Å². The second-order valence-corrected chi connectivity index (χ2v) is 6.18. The molecule has 0 atom stereocenters. The van der Waals surface area contributed by atoms with E-state index in [1.54, 1.807) is 6.07 Å². The summed E-state index contributed by atoms with van der Waals surface area (Å²) in [4.78, 5) is 4.91. The molecule has 0 unspecified atom stereocenters. The standard InChI is InChI=1S/C17H24FN3/c1-19-8-10-21(11-9-19)7-3-4-14-13-20(2)17-6-5-15(18)12-16(14)17/h5-6,12-13H,3-4,7-11H2,1-2H3. The third-order valence-corrected chi connectivity index (χ3v) is 4.55. The molecule has 0 radical (unpaired) electrons. The summed E-state index contributed by atoms with van der Waals surface area (Å²) < 4.78 is 15.6. The fourth-order valence-corrected chi connectivity index (χ4v) is 3.21. The highest BCUT2D eigenvalue weighted by atomic mass is 19.1. The molecular formula is C17H24FN3. The van der Waals surface area contributed by atoms with Crippen LogP contribution in [0.25, 0.3) is 10.9 Å². The topological polar surface area (TPSA) is 11.4 Å². The average Bonchev–Trinajstić information content (AvgIpc) is 2.77. The summed E-state index contributed by atoms with van der Waals surface area (Å²) in [7, 11) is 4.21. The van der Waals surface area contributed by atoms with Crippen LogP contribution in [0.15, 0.2) is 24.4 Å². The lowest BCUT2D eigenvalue weighted by atomic mass is 10.1. The van der Waals surface area contributed by atoms with Gasteiger partial charge in [0.25, 0.3) is 0 Å². The average molecular weight is 289 g/mol. The molecule has 0 saturated carbocycles. The normalized spacial score (nSPS) is 17.7. The SMILES string of the molecule is CN1CCN(CCCc2cn(C)c3ccc(F)cc23)CC1. The van der Waals surface area contributed by atoms with E-state index >= 15 is 0 Å². The lowest BCUT2D eigenvalue weighted by molar-refractivity contribution is 0.153. The molecule has 3 rings (SSSR count). The molecule has 1 aliphatic heterocycles. The number of likely N-dealkylation sites (N-methyl/N-ethyl adjacent to an activating group) is 1. The van der Waals surface area contributed by atoms with Gasteiger partial charge in [-0.2, -0.15) is 0 Å². The van der Waals surface area contributed by atoms with Gasteiger partial charge in [-0.1, -0.05) is 0 Å². The Bertz CT molecular complexity index is 612. The molecular weight excluding hydrogens is 265 g/mol. The number of hydrogen-bond donors (Lipinski definition) is 0. The second kappa shape index (κ2) is 6.16. The van der Waals surface area contributed by atoms with Gasteiger partial charge in [-0.3, -0.25) is 0 Å². The minimum atomic E-state index is -0.144. The number of benzene rings is 1. The number of hydrogen-bond acceptors (Lipinski definition) is 2. The first-order chi connectivity index (χ1) is 10.1. The Morgan fingerprint density at radius 1 is 1.10 bits per heavy atom. The first-order valence-electron chi connectivity index (χ1n) is 7.78. The van der Waals surface area contributed by atoms with Crippen LogP contribution in [0.4, 0.5) is 4.39 Å². The van der Waals surface area contributed by atoms with Gasteiger partial charge in [0.15, 0.2) is 0 Å². The highest BCUT2D eigenvalue weighted by Gasteiger charge is 2.13. The Morgan fingerprint density at radius 3 is 2.62 bits per heavy atom. The third-order valence-electron chi connectivity index (χ3n) is 4.55.